The molecular formula is C22H20ClN5O4. The van der Waals surface area contributed by atoms with Gasteiger partial charge < -0.3 is 24.8 Å². The average molecular weight is 454 g/mol. The fraction of sp³-hybridized carbons (Fsp3) is 0.182. The number of nitrogens with one attached hydrogen (secondary N) is 3. The molecule has 32 heavy (non-hydrogen) atoms. The van der Waals surface area contributed by atoms with Crippen molar-refractivity contribution in [3.05, 3.63) is 75.5 Å². The van der Waals surface area contributed by atoms with Gasteiger partial charge >= 0.3 is 0 Å². The molecule has 1 aromatic carbocycles. The van der Waals surface area contributed by atoms with Crippen molar-refractivity contribution in [1.29, 1.82) is 0 Å². The third-order valence-corrected chi connectivity index (χ3v) is 4.94. The van der Waals surface area contributed by atoms with E-state index in [1.54, 1.807) is 31.3 Å². The van der Waals surface area contributed by atoms with Crippen molar-refractivity contribution in [2.75, 3.05) is 10.6 Å². The van der Waals surface area contributed by atoms with E-state index in [1.165, 1.54) is 13.2 Å². The Hall–Kier alpha value is -3.85. The summed E-state index contributed by atoms with van der Waals surface area (Å²) in [7, 11) is 0. The number of amides is 1. The predicted molar refractivity (Wildman–Crippen MR) is 121 cm³/mol. The number of carbonyl (C=O) groups excluding carboxylic acids is 1. The summed E-state index contributed by atoms with van der Waals surface area (Å²) in [4.78, 5) is 35.0. The lowest BCUT2D eigenvalue weighted by molar-refractivity contribution is -0.114. The number of H-pyrrole nitrogens is 1. The van der Waals surface area contributed by atoms with Gasteiger partial charge in [-0.15, -0.1) is 0 Å². The van der Waals surface area contributed by atoms with Gasteiger partial charge in [-0.25, -0.2) is 0 Å². The van der Waals surface area contributed by atoms with Gasteiger partial charge in [0.15, 0.2) is 5.82 Å². The monoisotopic (exact) mass is 453 g/mol. The molecule has 0 unspecified atom stereocenters. The van der Waals surface area contributed by atoms with Gasteiger partial charge in [-0.3, -0.25) is 14.6 Å². The largest absolute Gasteiger partial charge is 0.486 e. The normalized spacial score (nSPS) is 11.8. The van der Waals surface area contributed by atoms with Crippen LogP contribution in [0.25, 0.3) is 10.9 Å². The number of aromatic nitrogens is 3. The molecule has 1 amide bonds. The Morgan fingerprint density at radius 1 is 1.31 bits per heavy atom. The number of halogens is 1. The van der Waals surface area contributed by atoms with Crippen LogP contribution in [0.15, 0.2) is 58.1 Å². The molecule has 3 heterocycles. The second kappa shape index (κ2) is 9.11. The minimum Gasteiger partial charge on any atom is -0.486 e. The average Bonchev–Trinajstić information content (AvgIpc) is 3.18. The van der Waals surface area contributed by atoms with E-state index in [2.05, 4.69) is 25.6 Å². The van der Waals surface area contributed by atoms with Gasteiger partial charge in [0, 0.05) is 30.1 Å². The number of hydrogen-bond acceptors (Lipinski definition) is 7. The van der Waals surface area contributed by atoms with Crippen LogP contribution in [0.1, 0.15) is 31.1 Å². The highest BCUT2D eigenvalue weighted by molar-refractivity contribution is 6.32. The number of nitrogens with zero attached hydrogens (tertiary/aromatic N) is 2. The molecule has 0 fully saturated rings. The summed E-state index contributed by atoms with van der Waals surface area (Å²) >= 11 is 6.40. The smallest absolute Gasteiger partial charge is 0.297 e. The highest BCUT2D eigenvalue weighted by Crippen LogP contribution is 2.30. The molecule has 164 valence electrons. The summed E-state index contributed by atoms with van der Waals surface area (Å²) in [5.41, 5.74) is 1.55. The molecule has 0 radical (unpaired) electrons. The second-order valence-corrected chi connectivity index (χ2v) is 7.53. The topological polar surface area (TPSA) is 122 Å². The molecule has 0 aliphatic heterocycles. The van der Waals surface area contributed by atoms with E-state index in [4.69, 9.17) is 20.8 Å². The number of fused-ring (bicyclic) bond motifs is 1. The lowest BCUT2D eigenvalue weighted by atomic mass is 10.1. The summed E-state index contributed by atoms with van der Waals surface area (Å²) in [6.45, 7) is 3.43. The molecule has 4 rings (SSSR count). The summed E-state index contributed by atoms with van der Waals surface area (Å²) in [6.07, 6.45) is 3.00. The number of hydrogen-bond donors (Lipinski definition) is 3. The molecular weight excluding hydrogens is 434 g/mol. The van der Waals surface area contributed by atoms with Gasteiger partial charge in [-0.1, -0.05) is 17.7 Å². The van der Waals surface area contributed by atoms with Gasteiger partial charge in [-0.2, -0.15) is 4.98 Å². The number of carbonyl (C=O) groups is 1. The maximum atomic E-state index is 12.7. The van der Waals surface area contributed by atoms with Crippen LogP contribution in [0, 0.1) is 0 Å². The maximum Gasteiger partial charge on any atom is 0.297 e. The van der Waals surface area contributed by atoms with Gasteiger partial charge in [0.25, 0.3) is 11.6 Å². The first-order valence-electron chi connectivity index (χ1n) is 9.78. The lowest BCUT2D eigenvalue weighted by Crippen LogP contribution is -2.19. The molecule has 0 saturated carbocycles. The minimum atomic E-state index is -0.425. The quantitative estimate of drug-likeness (QED) is 0.381. The molecule has 4 aromatic rings. The maximum absolute atomic E-state index is 12.7. The fourth-order valence-corrected chi connectivity index (χ4v) is 3.36. The lowest BCUT2D eigenvalue weighted by Gasteiger charge is -2.14. The zero-order valence-electron chi connectivity index (χ0n) is 17.3. The van der Waals surface area contributed by atoms with Crippen LogP contribution in [-0.4, -0.2) is 20.9 Å². The van der Waals surface area contributed by atoms with Crippen molar-refractivity contribution in [3.8, 4) is 5.75 Å². The van der Waals surface area contributed by atoms with Crippen LogP contribution in [0.4, 0.5) is 11.8 Å². The summed E-state index contributed by atoms with van der Waals surface area (Å²) in [5, 5.41) is 6.69. The SMILES string of the molecule is CC(=O)Nc1coc(N[C@@H](C)c2cc3cc(Cl)c(OCc4ccccn4)cc3[nH]c2=O)n1. The van der Waals surface area contributed by atoms with E-state index < -0.39 is 6.04 Å². The van der Waals surface area contributed by atoms with Crippen molar-refractivity contribution in [1.82, 2.24) is 15.0 Å². The third kappa shape index (κ3) is 4.89. The number of benzene rings is 1. The van der Waals surface area contributed by atoms with Crippen LogP contribution in [0.3, 0.4) is 0 Å². The fourth-order valence-electron chi connectivity index (χ4n) is 3.13. The summed E-state index contributed by atoms with van der Waals surface area (Å²) < 4.78 is 11.1. The Bertz CT molecular complexity index is 1320. The van der Waals surface area contributed by atoms with Gasteiger partial charge in [0.2, 0.25) is 5.91 Å². The van der Waals surface area contributed by atoms with Crippen LogP contribution < -0.4 is 20.9 Å². The Balaban J connectivity index is 1.54. The summed E-state index contributed by atoms with van der Waals surface area (Å²) in [6, 6.07) is 10.5. The summed E-state index contributed by atoms with van der Waals surface area (Å²) in [5.74, 6) is 0.471. The predicted octanol–water partition coefficient (Wildman–Crippen LogP) is 4.28. The van der Waals surface area contributed by atoms with Gasteiger partial charge in [-0.05, 0) is 31.2 Å². The molecule has 0 aliphatic rings. The number of pyridine rings is 2. The van der Waals surface area contributed by atoms with Crippen molar-refractivity contribution in [3.63, 3.8) is 0 Å². The standard InChI is InChI=1S/C22H20ClN5O4/c1-12(25-22-28-20(11-32-22)26-13(2)29)16-7-14-8-17(23)19(9-18(14)27-21(16)30)31-10-15-5-3-4-6-24-15/h3-9,11-12H,10H2,1-2H3,(H,25,28)(H,26,29)(H,27,30)/t12-/m0/s1. The first-order chi connectivity index (χ1) is 15.4. The third-order valence-electron chi connectivity index (χ3n) is 4.64. The number of anilines is 2. The van der Waals surface area contributed by atoms with Crippen molar-refractivity contribution < 1.29 is 13.9 Å². The number of rotatable bonds is 7. The van der Waals surface area contributed by atoms with Gasteiger partial charge in [0.05, 0.1) is 22.3 Å². The number of ether oxygens (including phenoxy) is 1. The number of oxazole rings is 1. The van der Waals surface area contributed by atoms with E-state index in [0.29, 0.717) is 21.9 Å². The highest BCUT2D eigenvalue weighted by Gasteiger charge is 2.16. The van der Waals surface area contributed by atoms with Crippen molar-refractivity contribution in [2.24, 2.45) is 0 Å². The van der Waals surface area contributed by atoms with E-state index in [-0.39, 0.29) is 29.9 Å². The molecule has 0 bridgehead atoms. The zero-order chi connectivity index (χ0) is 22.7. The Labute approximate surface area is 187 Å². The van der Waals surface area contributed by atoms with E-state index in [0.717, 1.165) is 11.1 Å². The molecule has 9 nitrogen and oxygen atoms in total. The van der Waals surface area contributed by atoms with E-state index >= 15 is 0 Å². The van der Waals surface area contributed by atoms with E-state index in [1.807, 2.05) is 18.2 Å². The molecule has 3 aromatic heterocycles. The van der Waals surface area contributed by atoms with E-state index in [9.17, 15) is 9.59 Å². The molecule has 0 saturated heterocycles. The first-order valence-corrected chi connectivity index (χ1v) is 10.2. The van der Waals surface area contributed by atoms with Crippen molar-refractivity contribution in [2.45, 2.75) is 26.5 Å². The number of aromatic amines is 1. The Morgan fingerprint density at radius 3 is 2.91 bits per heavy atom. The molecule has 1 atom stereocenters. The van der Waals surface area contributed by atoms with Gasteiger partial charge in [0.1, 0.15) is 18.6 Å². The van der Waals surface area contributed by atoms with Crippen LogP contribution >= 0.6 is 11.6 Å². The van der Waals surface area contributed by atoms with Crippen LogP contribution in [0.2, 0.25) is 5.02 Å². The Kier molecular flexibility index (Phi) is 6.09. The van der Waals surface area contributed by atoms with Crippen LogP contribution in [0.5, 0.6) is 5.75 Å². The molecule has 10 heteroatoms. The van der Waals surface area contributed by atoms with Crippen molar-refractivity contribution >= 4 is 40.2 Å². The second-order valence-electron chi connectivity index (χ2n) is 7.12. The molecule has 0 aliphatic carbocycles. The minimum absolute atomic E-state index is 0.178. The molecule has 3 N–H and O–H groups in total. The Morgan fingerprint density at radius 2 is 2.16 bits per heavy atom. The zero-order valence-corrected chi connectivity index (χ0v) is 18.1. The molecule has 0 spiro atoms. The van der Waals surface area contributed by atoms with Crippen LogP contribution in [-0.2, 0) is 11.4 Å². The first kappa shape index (κ1) is 21.4. The highest BCUT2D eigenvalue weighted by atomic mass is 35.5.